The SMILES string of the molecule is CCC1(COc2ccc(Oc3ccc([I+]c4ccc(C(C)(C)C)cc4)c(C)c3)cc2)COC1. The van der Waals surface area contributed by atoms with Crippen molar-refractivity contribution in [3.63, 3.8) is 0 Å². The van der Waals surface area contributed by atoms with E-state index in [0.29, 0.717) is 6.61 Å². The predicted octanol–water partition coefficient (Wildman–Crippen LogP) is 4.02. The molecule has 0 aromatic heterocycles. The molecule has 0 saturated carbocycles. The number of hydrogen-bond donors (Lipinski definition) is 0. The highest BCUT2D eigenvalue weighted by atomic mass is 127. The summed E-state index contributed by atoms with van der Waals surface area (Å²) < 4.78 is 20.3. The summed E-state index contributed by atoms with van der Waals surface area (Å²) in [5, 5.41) is 0. The van der Waals surface area contributed by atoms with Gasteiger partial charge in [0.15, 0.2) is 7.14 Å². The summed E-state index contributed by atoms with van der Waals surface area (Å²) in [6, 6.07) is 23.5. The molecule has 33 heavy (non-hydrogen) atoms. The first kappa shape index (κ1) is 24.1. The molecule has 3 aromatic rings. The molecule has 1 aliphatic heterocycles. The molecule has 1 saturated heterocycles. The van der Waals surface area contributed by atoms with Gasteiger partial charge in [0.05, 0.1) is 25.2 Å². The van der Waals surface area contributed by atoms with Crippen molar-refractivity contribution in [3.8, 4) is 17.2 Å². The lowest BCUT2D eigenvalue weighted by Crippen LogP contribution is -3.61. The van der Waals surface area contributed by atoms with Crippen LogP contribution < -0.4 is 30.7 Å². The summed E-state index contributed by atoms with van der Waals surface area (Å²) in [4.78, 5) is 0. The Hall–Kier alpha value is -2.05. The Morgan fingerprint density at radius 2 is 1.52 bits per heavy atom. The Balaban J connectivity index is 1.35. The molecule has 1 aliphatic rings. The number of benzene rings is 3. The molecule has 0 spiro atoms. The van der Waals surface area contributed by atoms with E-state index < -0.39 is 0 Å². The maximum absolute atomic E-state index is 6.11. The van der Waals surface area contributed by atoms with Crippen molar-refractivity contribution < 1.29 is 35.4 Å². The molecule has 3 aromatic carbocycles. The molecule has 3 nitrogen and oxygen atoms in total. The molecule has 4 heteroatoms. The molecular weight excluding hydrogens is 523 g/mol. The van der Waals surface area contributed by atoms with Crippen LogP contribution in [0.4, 0.5) is 0 Å². The third kappa shape index (κ3) is 6.10. The normalized spacial score (nSPS) is 15.1. The number of halogens is 1. The highest BCUT2D eigenvalue weighted by Gasteiger charge is 2.37. The fourth-order valence-corrected chi connectivity index (χ4v) is 6.00. The average molecular weight is 557 g/mol. The third-order valence-corrected chi connectivity index (χ3v) is 9.35. The molecule has 0 atom stereocenters. The van der Waals surface area contributed by atoms with Gasteiger partial charge >= 0.3 is 21.2 Å². The van der Waals surface area contributed by atoms with Crippen LogP contribution in [-0.2, 0) is 10.2 Å². The summed E-state index contributed by atoms with van der Waals surface area (Å²) in [5.74, 6) is 2.56. The van der Waals surface area contributed by atoms with Crippen LogP contribution in [0.3, 0.4) is 0 Å². The molecule has 1 heterocycles. The first-order valence-corrected chi connectivity index (χ1v) is 13.8. The van der Waals surface area contributed by atoms with Gasteiger partial charge in [0.1, 0.15) is 17.2 Å². The largest absolute Gasteiger partial charge is 0.493 e. The second-order valence-electron chi connectivity index (χ2n) is 9.97. The molecule has 0 bridgehead atoms. The molecule has 0 unspecified atom stereocenters. The average Bonchev–Trinajstić information content (AvgIpc) is 2.76. The van der Waals surface area contributed by atoms with Crippen molar-refractivity contribution in [2.75, 3.05) is 19.8 Å². The minimum absolute atomic E-state index is 0.186. The Labute approximate surface area is 208 Å². The van der Waals surface area contributed by atoms with Crippen LogP contribution in [0.5, 0.6) is 17.2 Å². The lowest BCUT2D eigenvalue weighted by molar-refractivity contribution is -0.598. The zero-order valence-electron chi connectivity index (χ0n) is 20.3. The fourth-order valence-electron chi connectivity index (χ4n) is 3.67. The molecule has 174 valence electrons. The summed E-state index contributed by atoms with van der Waals surface area (Å²) in [7, 11) is 0. The fraction of sp³-hybridized carbons (Fsp3) is 0.379. The minimum atomic E-state index is -0.214. The van der Waals surface area contributed by atoms with Crippen LogP contribution in [0, 0.1) is 19.5 Å². The van der Waals surface area contributed by atoms with E-state index in [1.54, 1.807) is 0 Å². The van der Waals surface area contributed by atoms with E-state index in [1.807, 2.05) is 24.3 Å². The number of ether oxygens (including phenoxy) is 3. The van der Waals surface area contributed by atoms with E-state index in [-0.39, 0.29) is 32.0 Å². The second kappa shape index (κ2) is 10.1. The number of rotatable bonds is 8. The lowest BCUT2D eigenvalue weighted by atomic mass is 9.84. The van der Waals surface area contributed by atoms with Gasteiger partial charge in [-0.1, -0.05) is 39.8 Å². The van der Waals surface area contributed by atoms with Gasteiger partial charge in [-0.15, -0.1) is 0 Å². The van der Waals surface area contributed by atoms with Gasteiger partial charge in [0, 0.05) is 5.56 Å². The van der Waals surface area contributed by atoms with Gasteiger partial charge in [-0.2, -0.15) is 0 Å². The quantitative estimate of drug-likeness (QED) is 0.392. The monoisotopic (exact) mass is 557 g/mol. The van der Waals surface area contributed by atoms with E-state index >= 15 is 0 Å². The zero-order valence-corrected chi connectivity index (χ0v) is 22.4. The van der Waals surface area contributed by atoms with Gasteiger partial charge in [0.25, 0.3) is 0 Å². The van der Waals surface area contributed by atoms with Crippen LogP contribution >= 0.6 is 0 Å². The highest BCUT2D eigenvalue weighted by molar-refractivity contribution is 5.36. The van der Waals surface area contributed by atoms with E-state index in [2.05, 4.69) is 77.1 Å². The molecule has 0 radical (unpaired) electrons. The van der Waals surface area contributed by atoms with Crippen molar-refractivity contribution in [2.24, 2.45) is 5.41 Å². The summed E-state index contributed by atoms with van der Waals surface area (Å²) >= 11 is -0.214. The Kier molecular flexibility index (Phi) is 7.34. The smallest absolute Gasteiger partial charge is 0.358 e. The van der Waals surface area contributed by atoms with Gasteiger partial charge in [-0.05, 0) is 78.9 Å². The Bertz CT molecular complexity index is 1060. The van der Waals surface area contributed by atoms with Gasteiger partial charge in [-0.25, -0.2) is 0 Å². The molecule has 1 fully saturated rings. The summed E-state index contributed by atoms with van der Waals surface area (Å²) in [5.41, 5.74) is 3.05. The van der Waals surface area contributed by atoms with Crippen LogP contribution in [-0.4, -0.2) is 19.8 Å². The Morgan fingerprint density at radius 3 is 2.06 bits per heavy atom. The van der Waals surface area contributed by atoms with Crippen molar-refractivity contribution in [2.45, 2.75) is 46.5 Å². The van der Waals surface area contributed by atoms with Crippen molar-refractivity contribution in [3.05, 3.63) is 85.0 Å². The van der Waals surface area contributed by atoms with Gasteiger partial charge < -0.3 is 14.2 Å². The van der Waals surface area contributed by atoms with E-state index in [4.69, 9.17) is 14.2 Å². The van der Waals surface area contributed by atoms with Crippen molar-refractivity contribution >= 4 is 0 Å². The second-order valence-corrected chi connectivity index (χ2v) is 12.9. The van der Waals surface area contributed by atoms with Crippen LogP contribution in [0.1, 0.15) is 45.2 Å². The van der Waals surface area contributed by atoms with Gasteiger partial charge in [-0.3, -0.25) is 0 Å². The molecular formula is C29H34IO3+. The van der Waals surface area contributed by atoms with Crippen LogP contribution in [0.15, 0.2) is 66.7 Å². The highest BCUT2D eigenvalue weighted by Crippen LogP contribution is 2.32. The standard InChI is InChI=1S/C29H34IO3/c1-6-29(18-31-19-29)20-32-24-11-13-25(14-12-24)33-26-15-16-27(21(2)17-26)30-23-9-7-22(8-10-23)28(3,4)5/h7-17H,6,18-20H2,1-5H3/q+1. The maximum atomic E-state index is 6.11. The predicted molar refractivity (Wildman–Crippen MR) is 129 cm³/mol. The van der Waals surface area contributed by atoms with E-state index in [9.17, 15) is 0 Å². The zero-order chi connectivity index (χ0) is 23.5. The molecule has 0 aliphatic carbocycles. The number of hydrogen-bond acceptors (Lipinski definition) is 3. The Morgan fingerprint density at radius 1 is 0.879 bits per heavy atom. The van der Waals surface area contributed by atoms with Crippen LogP contribution in [0.25, 0.3) is 0 Å². The van der Waals surface area contributed by atoms with E-state index in [1.165, 1.54) is 18.3 Å². The minimum Gasteiger partial charge on any atom is -0.493 e. The molecule has 4 rings (SSSR count). The maximum Gasteiger partial charge on any atom is 0.358 e. The van der Waals surface area contributed by atoms with Crippen molar-refractivity contribution in [1.29, 1.82) is 0 Å². The topological polar surface area (TPSA) is 27.7 Å². The third-order valence-electron chi connectivity index (χ3n) is 6.22. The molecule has 0 amide bonds. The van der Waals surface area contributed by atoms with E-state index in [0.717, 1.165) is 36.9 Å². The summed E-state index contributed by atoms with van der Waals surface area (Å²) in [6.07, 6.45) is 1.08. The molecule has 0 N–H and O–H groups in total. The van der Waals surface area contributed by atoms with Gasteiger partial charge in [0.2, 0.25) is 0 Å². The number of aryl methyl sites for hydroxylation is 1. The first-order chi connectivity index (χ1) is 15.8. The van der Waals surface area contributed by atoms with Crippen LogP contribution in [0.2, 0.25) is 0 Å². The summed E-state index contributed by atoms with van der Waals surface area (Å²) in [6.45, 7) is 13.4. The lowest BCUT2D eigenvalue weighted by Gasteiger charge is -2.40. The first-order valence-electron chi connectivity index (χ1n) is 11.6. The van der Waals surface area contributed by atoms with Crippen molar-refractivity contribution in [1.82, 2.24) is 0 Å².